The van der Waals surface area contributed by atoms with Gasteiger partial charge in [-0.1, -0.05) is 18.2 Å². The Bertz CT molecular complexity index is 462. The topological polar surface area (TPSA) is 67.6 Å². The highest BCUT2D eigenvalue weighted by atomic mass is 16.5. The van der Waals surface area contributed by atoms with Crippen molar-refractivity contribution in [3.8, 4) is 5.75 Å². The zero-order valence-electron chi connectivity index (χ0n) is 12.1. The number of nitrogens with one attached hydrogen (secondary N) is 1. The molecular weight excluding hydrogens is 254 g/mol. The Labute approximate surface area is 120 Å². The smallest absolute Gasteiger partial charge is 0.224 e. The van der Waals surface area contributed by atoms with Crippen LogP contribution in [0.3, 0.4) is 0 Å². The molecule has 2 unspecified atom stereocenters. The summed E-state index contributed by atoms with van der Waals surface area (Å²) in [7, 11) is 1.66. The lowest BCUT2D eigenvalue weighted by Gasteiger charge is -2.37. The average Bonchev–Trinajstić information content (AvgIpc) is 2.46. The fourth-order valence-corrected chi connectivity index (χ4v) is 2.62. The fraction of sp³-hybridized carbons (Fsp3) is 0.533. The molecular formula is C15H23N3O2. The summed E-state index contributed by atoms with van der Waals surface area (Å²) >= 11 is 0. The second kappa shape index (κ2) is 6.72. The van der Waals surface area contributed by atoms with Gasteiger partial charge in [-0.25, -0.2) is 0 Å². The summed E-state index contributed by atoms with van der Waals surface area (Å²) in [4.78, 5) is 14.3. The molecule has 1 aromatic carbocycles. The van der Waals surface area contributed by atoms with Crippen LogP contribution in [-0.2, 0) is 4.79 Å². The van der Waals surface area contributed by atoms with Crippen molar-refractivity contribution in [2.75, 3.05) is 26.7 Å². The second-order valence-electron chi connectivity index (χ2n) is 5.23. The van der Waals surface area contributed by atoms with Crippen molar-refractivity contribution < 1.29 is 9.53 Å². The number of para-hydroxylation sites is 1. The van der Waals surface area contributed by atoms with Crippen molar-refractivity contribution in [1.82, 2.24) is 10.2 Å². The Balaban J connectivity index is 2.24. The monoisotopic (exact) mass is 277 g/mol. The molecule has 1 aliphatic heterocycles. The molecule has 110 valence electrons. The summed E-state index contributed by atoms with van der Waals surface area (Å²) in [5.74, 6) is 0.928. The van der Waals surface area contributed by atoms with Crippen LogP contribution in [0.4, 0.5) is 0 Å². The Kier molecular flexibility index (Phi) is 4.98. The molecule has 5 nitrogen and oxygen atoms in total. The second-order valence-corrected chi connectivity index (χ2v) is 5.23. The number of nitrogens with zero attached hydrogens (tertiary/aromatic N) is 1. The molecule has 0 aromatic heterocycles. The summed E-state index contributed by atoms with van der Waals surface area (Å²) < 4.78 is 5.42. The Morgan fingerprint density at radius 1 is 1.55 bits per heavy atom. The minimum Gasteiger partial charge on any atom is -0.496 e. The van der Waals surface area contributed by atoms with E-state index in [-0.39, 0.29) is 18.0 Å². The molecule has 2 atom stereocenters. The number of rotatable bonds is 4. The number of methoxy groups -OCH3 is 1. The maximum atomic E-state index is 12.4. The standard InChI is InChI=1S/C15H23N3O2/c1-11(16)9-15(19)18-8-7-17-10-13(18)12-5-3-4-6-14(12)20-2/h3-6,11,13,17H,7-10,16H2,1-2H3. The molecule has 1 heterocycles. The zero-order chi connectivity index (χ0) is 14.5. The van der Waals surface area contributed by atoms with Crippen LogP contribution >= 0.6 is 0 Å². The Hall–Kier alpha value is -1.59. The number of piperazine rings is 1. The Morgan fingerprint density at radius 2 is 2.30 bits per heavy atom. The molecule has 1 aliphatic rings. The molecule has 0 aliphatic carbocycles. The fourth-order valence-electron chi connectivity index (χ4n) is 2.62. The van der Waals surface area contributed by atoms with E-state index in [0.717, 1.165) is 24.4 Å². The summed E-state index contributed by atoms with van der Waals surface area (Å²) in [5, 5.41) is 3.34. The van der Waals surface area contributed by atoms with Gasteiger partial charge < -0.3 is 20.7 Å². The first-order valence-corrected chi connectivity index (χ1v) is 7.02. The largest absolute Gasteiger partial charge is 0.496 e. The minimum atomic E-state index is -0.115. The third kappa shape index (κ3) is 3.29. The number of benzene rings is 1. The van der Waals surface area contributed by atoms with Crippen molar-refractivity contribution >= 4 is 5.91 Å². The van der Waals surface area contributed by atoms with Crippen LogP contribution in [0, 0.1) is 0 Å². The summed E-state index contributed by atoms with van der Waals surface area (Å²) in [6.45, 7) is 4.12. The van der Waals surface area contributed by atoms with E-state index < -0.39 is 0 Å². The van der Waals surface area contributed by atoms with Crippen LogP contribution in [0.2, 0.25) is 0 Å². The van der Waals surface area contributed by atoms with E-state index in [1.807, 2.05) is 36.1 Å². The van der Waals surface area contributed by atoms with Crippen LogP contribution < -0.4 is 15.8 Å². The van der Waals surface area contributed by atoms with Gasteiger partial charge in [-0.3, -0.25) is 4.79 Å². The lowest BCUT2D eigenvalue weighted by Crippen LogP contribution is -2.49. The highest BCUT2D eigenvalue weighted by molar-refractivity contribution is 5.77. The summed E-state index contributed by atoms with van der Waals surface area (Å²) in [5.41, 5.74) is 6.79. The molecule has 0 bridgehead atoms. The maximum absolute atomic E-state index is 12.4. The molecule has 2 rings (SSSR count). The number of amides is 1. The van der Waals surface area contributed by atoms with Crippen LogP contribution in [0.1, 0.15) is 24.9 Å². The van der Waals surface area contributed by atoms with Gasteiger partial charge in [-0.05, 0) is 13.0 Å². The van der Waals surface area contributed by atoms with Gasteiger partial charge in [0.1, 0.15) is 5.75 Å². The molecule has 0 radical (unpaired) electrons. The van der Waals surface area contributed by atoms with E-state index in [4.69, 9.17) is 10.5 Å². The molecule has 3 N–H and O–H groups in total. The third-order valence-corrected chi connectivity index (χ3v) is 3.56. The van der Waals surface area contributed by atoms with Crippen LogP contribution in [0.15, 0.2) is 24.3 Å². The van der Waals surface area contributed by atoms with Gasteiger partial charge in [0.25, 0.3) is 0 Å². The van der Waals surface area contributed by atoms with Crippen molar-refractivity contribution in [1.29, 1.82) is 0 Å². The van der Waals surface area contributed by atoms with Crippen molar-refractivity contribution in [3.05, 3.63) is 29.8 Å². The van der Waals surface area contributed by atoms with Crippen LogP contribution in [-0.4, -0.2) is 43.6 Å². The molecule has 0 spiro atoms. The Morgan fingerprint density at radius 3 is 3.00 bits per heavy atom. The van der Waals surface area contributed by atoms with E-state index in [2.05, 4.69) is 5.32 Å². The van der Waals surface area contributed by atoms with E-state index in [1.165, 1.54) is 0 Å². The number of hydrogen-bond donors (Lipinski definition) is 2. The number of carbonyl (C=O) groups is 1. The minimum absolute atomic E-state index is 0.00569. The van der Waals surface area contributed by atoms with E-state index >= 15 is 0 Å². The molecule has 0 saturated carbocycles. The first kappa shape index (κ1) is 14.8. The van der Waals surface area contributed by atoms with Gasteiger partial charge in [-0.15, -0.1) is 0 Å². The summed E-state index contributed by atoms with van der Waals surface area (Å²) in [6.07, 6.45) is 0.381. The van der Waals surface area contributed by atoms with E-state index in [1.54, 1.807) is 7.11 Å². The first-order chi connectivity index (χ1) is 9.63. The number of carbonyl (C=O) groups excluding carboxylic acids is 1. The molecule has 1 amide bonds. The van der Waals surface area contributed by atoms with Gasteiger partial charge in [0, 0.05) is 37.7 Å². The zero-order valence-corrected chi connectivity index (χ0v) is 12.1. The molecule has 5 heteroatoms. The lowest BCUT2D eigenvalue weighted by molar-refractivity contribution is -0.134. The molecule has 1 fully saturated rings. The first-order valence-electron chi connectivity index (χ1n) is 7.02. The number of ether oxygens (including phenoxy) is 1. The lowest BCUT2D eigenvalue weighted by atomic mass is 10.0. The third-order valence-electron chi connectivity index (χ3n) is 3.56. The van der Waals surface area contributed by atoms with Crippen molar-refractivity contribution in [2.24, 2.45) is 5.73 Å². The highest BCUT2D eigenvalue weighted by Crippen LogP contribution is 2.30. The number of hydrogen-bond acceptors (Lipinski definition) is 4. The average molecular weight is 277 g/mol. The molecule has 20 heavy (non-hydrogen) atoms. The molecule has 1 saturated heterocycles. The quantitative estimate of drug-likeness (QED) is 0.858. The van der Waals surface area contributed by atoms with Crippen molar-refractivity contribution in [2.45, 2.75) is 25.4 Å². The van der Waals surface area contributed by atoms with Gasteiger partial charge in [0.15, 0.2) is 0 Å². The van der Waals surface area contributed by atoms with Crippen molar-refractivity contribution in [3.63, 3.8) is 0 Å². The number of nitrogens with two attached hydrogens (primary N) is 1. The van der Waals surface area contributed by atoms with Gasteiger partial charge in [0.2, 0.25) is 5.91 Å². The van der Waals surface area contributed by atoms with Crippen LogP contribution in [0.25, 0.3) is 0 Å². The molecule has 1 aromatic rings. The van der Waals surface area contributed by atoms with Crippen LogP contribution in [0.5, 0.6) is 5.75 Å². The predicted molar refractivity (Wildman–Crippen MR) is 78.6 cm³/mol. The normalized spacial score (nSPS) is 20.6. The van der Waals surface area contributed by atoms with Gasteiger partial charge in [0.05, 0.1) is 13.2 Å². The van der Waals surface area contributed by atoms with E-state index in [9.17, 15) is 4.79 Å². The van der Waals surface area contributed by atoms with Gasteiger partial charge in [-0.2, -0.15) is 0 Å². The highest BCUT2D eigenvalue weighted by Gasteiger charge is 2.29. The van der Waals surface area contributed by atoms with E-state index in [0.29, 0.717) is 13.0 Å². The summed E-state index contributed by atoms with van der Waals surface area (Å²) in [6, 6.07) is 7.75. The van der Waals surface area contributed by atoms with Gasteiger partial charge >= 0.3 is 0 Å². The SMILES string of the molecule is COc1ccccc1C1CNCCN1C(=O)CC(C)N. The maximum Gasteiger partial charge on any atom is 0.224 e. The predicted octanol–water partition coefficient (Wildman–Crippen LogP) is 0.905.